The molecule has 2 rings (SSSR count). The van der Waals surface area contributed by atoms with Gasteiger partial charge in [-0.05, 0) is 42.8 Å². The van der Waals surface area contributed by atoms with E-state index in [1.807, 2.05) is 13.0 Å². The molecule has 0 saturated carbocycles. The van der Waals surface area contributed by atoms with Crippen molar-refractivity contribution >= 4 is 27.7 Å². The lowest BCUT2D eigenvalue weighted by Crippen LogP contribution is -2.21. The van der Waals surface area contributed by atoms with E-state index >= 15 is 0 Å². The molecule has 0 aliphatic rings. The van der Waals surface area contributed by atoms with Crippen molar-refractivity contribution in [3.05, 3.63) is 52.4 Å². The number of aryl methyl sites for hydroxylation is 1. The molecule has 0 saturated heterocycles. The SMILES string of the molecule is Cc1ccnc(NC(=O)COc2ccc(Br)cc2F)c1. The lowest BCUT2D eigenvalue weighted by atomic mass is 10.3. The van der Waals surface area contributed by atoms with Gasteiger partial charge < -0.3 is 10.1 Å². The first-order valence-corrected chi connectivity index (χ1v) is 6.64. The average molecular weight is 339 g/mol. The number of nitrogens with zero attached hydrogens (tertiary/aromatic N) is 1. The van der Waals surface area contributed by atoms with E-state index in [4.69, 9.17) is 4.74 Å². The normalized spacial score (nSPS) is 10.2. The number of carbonyl (C=O) groups is 1. The molecule has 1 amide bonds. The summed E-state index contributed by atoms with van der Waals surface area (Å²) in [5.74, 6) is -0.457. The van der Waals surface area contributed by atoms with Gasteiger partial charge in [-0.2, -0.15) is 0 Å². The Morgan fingerprint density at radius 3 is 2.90 bits per heavy atom. The predicted octanol–water partition coefficient (Wildman–Crippen LogP) is 3.31. The Morgan fingerprint density at radius 2 is 2.20 bits per heavy atom. The summed E-state index contributed by atoms with van der Waals surface area (Å²) in [5, 5.41) is 2.58. The monoisotopic (exact) mass is 338 g/mol. The van der Waals surface area contributed by atoms with Crippen molar-refractivity contribution in [3.63, 3.8) is 0 Å². The summed E-state index contributed by atoms with van der Waals surface area (Å²) < 4.78 is 19.2. The van der Waals surface area contributed by atoms with E-state index in [1.54, 1.807) is 18.3 Å². The third-order valence-electron chi connectivity index (χ3n) is 2.44. The van der Waals surface area contributed by atoms with Gasteiger partial charge in [-0.3, -0.25) is 4.79 Å². The quantitative estimate of drug-likeness (QED) is 0.930. The van der Waals surface area contributed by atoms with E-state index in [0.29, 0.717) is 10.3 Å². The first kappa shape index (κ1) is 14.5. The molecule has 1 aromatic heterocycles. The van der Waals surface area contributed by atoms with Crippen LogP contribution in [0.4, 0.5) is 10.2 Å². The Balaban J connectivity index is 1.92. The number of hydrogen-bond acceptors (Lipinski definition) is 3. The Hall–Kier alpha value is -1.95. The van der Waals surface area contributed by atoms with E-state index in [-0.39, 0.29) is 12.4 Å². The smallest absolute Gasteiger partial charge is 0.263 e. The van der Waals surface area contributed by atoms with Crippen LogP contribution in [0.2, 0.25) is 0 Å². The maximum atomic E-state index is 13.5. The summed E-state index contributed by atoms with van der Waals surface area (Å²) in [5.41, 5.74) is 0.982. The summed E-state index contributed by atoms with van der Waals surface area (Å²) in [4.78, 5) is 15.7. The van der Waals surface area contributed by atoms with Crippen molar-refractivity contribution in [2.24, 2.45) is 0 Å². The van der Waals surface area contributed by atoms with Crippen LogP contribution >= 0.6 is 15.9 Å². The number of rotatable bonds is 4. The standard InChI is InChI=1S/C14H12BrFN2O2/c1-9-4-5-17-13(6-9)18-14(19)8-20-12-3-2-10(15)7-11(12)16/h2-7H,8H2,1H3,(H,17,18,19). The lowest BCUT2D eigenvalue weighted by molar-refractivity contribution is -0.118. The van der Waals surface area contributed by atoms with E-state index < -0.39 is 11.7 Å². The highest BCUT2D eigenvalue weighted by molar-refractivity contribution is 9.10. The number of benzene rings is 1. The second-order valence-corrected chi connectivity index (χ2v) is 5.05. The second kappa shape index (κ2) is 6.47. The van der Waals surface area contributed by atoms with Crippen molar-refractivity contribution in [2.75, 3.05) is 11.9 Å². The molecule has 4 nitrogen and oxygen atoms in total. The second-order valence-electron chi connectivity index (χ2n) is 4.13. The van der Waals surface area contributed by atoms with Gasteiger partial charge in [0.1, 0.15) is 5.82 Å². The molecule has 1 aromatic carbocycles. The van der Waals surface area contributed by atoms with Gasteiger partial charge in [0.2, 0.25) is 0 Å². The van der Waals surface area contributed by atoms with Crippen LogP contribution in [0.1, 0.15) is 5.56 Å². The van der Waals surface area contributed by atoms with E-state index in [1.165, 1.54) is 12.1 Å². The van der Waals surface area contributed by atoms with Gasteiger partial charge in [-0.1, -0.05) is 15.9 Å². The number of amides is 1. The Bertz CT molecular complexity index is 634. The van der Waals surface area contributed by atoms with Gasteiger partial charge in [-0.25, -0.2) is 9.37 Å². The number of carbonyl (C=O) groups excluding carboxylic acids is 1. The zero-order valence-corrected chi connectivity index (χ0v) is 12.3. The zero-order valence-electron chi connectivity index (χ0n) is 10.7. The minimum absolute atomic E-state index is 0.0283. The van der Waals surface area contributed by atoms with Gasteiger partial charge in [0.05, 0.1) is 0 Å². The Morgan fingerprint density at radius 1 is 1.40 bits per heavy atom. The van der Waals surface area contributed by atoms with Gasteiger partial charge >= 0.3 is 0 Å². The molecule has 0 unspecified atom stereocenters. The van der Waals surface area contributed by atoms with Gasteiger partial charge in [0, 0.05) is 10.7 Å². The highest BCUT2D eigenvalue weighted by Gasteiger charge is 2.08. The largest absolute Gasteiger partial charge is 0.481 e. The molecule has 1 N–H and O–H groups in total. The molecule has 0 fully saturated rings. The van der Waals surface area contributed by atoms with Crippen LogP contribution in [-0.4, -0.2) is 17.5 Å². The molecular weight excluding hydrogens is 327 g/mol. The first-order valence-electron chi connectivity index (χ1n) is 5.85. The minimum atomic E-state index is -0.527. The molecule has 6 heteroatoms. The fourth-order valence-electron chi connectivity index (χ4n) is 1.52. The van der Waals surface area contributed by atoms with Crippen molar-refractivity contribution in [3.8, 4) is 5.75 Å². The fraction of sp³-hybridized carbons (Fsp3) is 0.143. The first-order chi connectivity index (χ1) is 9.54. The van der Waals surface area contributed by atoms with Crippen molar-refractivity contribution in [2.45, 2.75) is 6.92 Å². The van der Waals surface area contributed by atoms with Crippen molar-refractivity contribution < 1.29 is 13.9 Å². The maximum absolute atomic E-state index is 13.5. The van der Waals surface area contributed by atoms with Crippen LogP contribution in [-0.2, 0) is 4.79 Å². The molecule has 0 aliphatic heterocycles. The van der Waals surface area contributed by atoms with Crippen LogP contribution in [0, 0.1) is 12.7 Å². The number of nitrogens with one attached hydrogen (secondary N) is 1. The maximum Gasteiger partial charge on any atom is 0.263 e. The topological polar surface area (TPSA) is 51.2 Å². The molecule has 0 bridgehead atoms. The molecular formula is C14H12BrFN2O2. The number of aromatic nitrogens is 1. The molecule has 1 heterocycles. The molecule has 0 spiro atoms. The molecule has 20 heavy (non-hydrogen) atoms. The van der Waals surface area contributed by atoms with Gasteiger partial charge in [-0.15, -0.1) is 0 Å². The van der Waals surface area contributed by atoms with Crippen LogP contribution in [0.3, 0.4) is 0 Å². The highest BCUT2D eigenvalue weighted by Crippen LogP contribution is 2.21. The summed E-state index contributed by atoms with van der Waals surface area (Å²) in [6.07, 6.45) is 1.60. The summed E-state index contributed by atoms with van der Waals surface area (Å²) >= 11 is 3.14. The summed E-state index contributed by atoms with van der Waals surface area (Å²) in [6, 6.07) is 7.92. The number of pyridine rings is 1. The molecule has 104 valence electrons. The molecule has 0 radical (unpaired) electrons. The fourth-order valence-corrected chi connectivity index (χ4v) is 1.85. The van der Waals surface area contributed by atoms with Crippen molar-refractivity contribution in [1.82, 2.24) is 4.98 Å². The van der Waals surface area contributed by atoms with Crippen LogP contribution in [0.15, 0.2) is 41.0 Å². The van der Waals surface area contributed by atoms with Crippen molar-refractivity contribution in [1.29, 1.82) is 0 Å². The molecule has 0 atom stereocenters. The third-order valence-corrected chi connectivity index (χ3v) is 2.93. The van der Waals surface area contributed by atoms with E-state index in [0.717, 1.165) is 5.56 Å². The molecule has 0 aliphatic carbocycles. The molecule has 2 aromatic rings. The number of halogens is 2. The van der Waals surface area contributed by atoms with Crippen LogP contribution in [0.5, 0.6) is 5.75 Å². The van der Waals surface area contributed by atoms with Gasteiger partial charge in [0.25, 0.3) is 5.91 Å². The lowest BCUT2D eigenvalue weighted by Gasteiger charge is -2.08. The number of ether oxygens (including phenoxy) is 1. The number of hydrogen-bond donors (Lipinski definition) is 1. The van der Waals surface area contributed by atoms with Crippen LogP contribution in [0.25, 0.3) is 0 Å². The third kappa shape index (κ3) is 4.03. The van der Waals surface area contributed by atoms with Gasteiger partial charge in [0.15, 0.2) is 18.2 Å². The number of anilines is 1. The van der Waals surface area contributed by atoms with E-state index in [2.05, 4.69) is 26.2 Å². The summed E-state index contributed by atoms with van der Waals surface area (Å²) in [6.45, 7) is 1.61. The Labute approximate surface area is 124 Å². The van der Waals surface area contributed by atoms with E-state index in [9.17, 15) is 9.18 Å². The Kier molecular flexibility index (Phi) is 4.68. The van der Waals surface area contributed by atoms with Crippen LogP contribution < -0.4 is 10.1 Å². The predicted molar refractivity (Wildman–Crippen MR) is 77.2 cm³/mol. The zero-order chi connectivity index (χ0) is 14.5. The summed E-state index contributed by atoms with van der Waals surface area (Å²) in [7, 11) is 0. The average Bonchev–Trinajstić information content (AvgIpc) is 2.37. The highest BCUT2D eigenvalue weighted by atomic mass is 79.9. The minimum Gasteiger partial charge on any atom is -0.481 e.